The topological polar surface area (TPSA) is 97.0 Å². The van der Waals surface area contributed by atoms with Gasteiger partial charge in [0.05, 0.1) is 28.6 Å². The number of nitrogens with zero attached hydrogens (tertiary/aromatic N) is 3. The second-order valence-corrected chi connectivity index (χ2v) is 6.84. The zero-order chi connectivity index (χ0) is 22.3. The Hall–Kier alpha value is -4.70. The molecule has 1 heterocycles. The van der Waals surface area contributed by atoms with E-state index in [1.165, 1.54) is 24.3 Å². The summed E-state index contributed by atoms with van der Waals surface area (Å²) in [5.74, 6) is -0.690. The van der Waals surface area contributed by atoms with Crippen molar-refractivity contribution < 1.29 is 14.3 Å². The summed E-state index contributed by atoms with van der Waals surface area (Å²) in [5.41, 5.74) is 3.07. The van der Waals surface area contributed by atoms with Crippen molar-refractivity contribution in [1.29, 1.82) is 5.26 Å². The summed E-state index contributed by atoms with van der Waals surface area (Å²) < 4.78 is 6.74. The Labute approximate surface area is 184 Å². The summed E-state index contributed by atoms with van der Waals surface area (Å²) in [6, 6.07) is 28.8. The number of nitriles is 1. The van der Waals surface area contributed by atoms with Gasteiger partial charge in [-0.15, -0.1) is 0 Å². The summed E-state index contributed by atoms with van der Waals surface area (Å²) in [5, 5.41) is 16.2. The van der Waals surface area contributed by atoms with Crippen molar-refractivity contribution in [3.05, 3.63) is 102 Å². The molecule has 3 aromatic carbocycles. The minimum Gasteiger partial charge on any atom is -0.452 e. The number of rotatable bonds is 6. The Kier molecular flexibility index (Phi) is 6.05. The van der Waals surface area contributed by atoms with Crippen LogP contribution < -0.4 is 5.32 Å². The van der Waals surface area contributed by atoms with Gasteiger partial charge < -0.3 is 10.1 Å². The number of nitrogens with one attached hydrogen (secondary N) is 1. The molecule has 0 fully saturated rings. The van der Waals surface area contributed by atoms with E-state index in [9.17, 15) is 9.59 Å². The molecule has 0 saturated carbocycles. The molecule has 0 aliphatic rings. The Balaban J connectivity index is 1.50. The highest BCUT2D eigenvalue weighted by molar-refractivity contribution is 5.95. The van der Waals surface area contributed by atoms with Gasteiger partial charge >= 0.3 is 5.97 Å². The van der Waals surface area contributed by atoms with E-state index in [1.807, 2.05) is 66.7 Å². The van der Waals surface area contributed by atoms with E-state index < -0.39 is 18.5 Å². The number of aromatic nitrogens is 2. The average Bonchev–Trinajstić information content (AvgIpc) is 3.27. The number of hydrogen-bond acceptors (Lipinski definition) is 5. The number of benzene rings is 3. The van der Waals surface area contributed by atoms with Gasteiger partial charge in [0.25, 0.3) is 5.91 Å². The fourth-order valence-electron chi connectivity index (χ4n) is 3.06. The lowest BCUT2D eigenvalue weighted by molar-refractivity contribution is -0.119. The quantitative estimate of drug-likeness (QED) is 0.470. The van der Waals surface area contributed by atoms with Gasteiger partial charge in [-0.3, -0.25) is 4.79 Å². The number of carbonyl (C=O) groups is 2. The zero-order valence-electron chi connectivity index (χ0n) is 16.9. The molecule has 0 radical (unpaired) electrons. The molecule has 4 rings (SSSR count). The van der Waals surface area contributed by atoms with Crippen molar-refractivity contribution >= 4 is 17.7 Å². The van der Waals surface area contributed by atoms with E-state index in [0.717, 1.165) is 11.3 Å². The maximum absolute atomic E-state index is 12.5. The lowest BCUT2D eigenvalue weighted by Gasteiger charge is -2.09. The Morgan fingerprint density at radius 2 is 1.59 bits per heavy atom. The van der Waals surface area contributed by atoms with E-state index in [4.69, 9.17) is 10.00 Å². The molecule has 0 unspecified atom stereocenters. The van der Waals surface area contributed by atoms with Crippen LogP contribution in [0.3, 0.4) is 0 Å². The standard InChI is InChI=1S/C25H18N4O3/c26-16-18-11-13-20(14-12-18)25(31)32-17-24(30)27-23-15-22(19-7-3-1-4-8-19)28-29(23)21-9-5-2-6-10-21/h1-15H,17H2,(H,27,30). The first-order chi connectivity index (χ1) is 15.6. The van der Waals surface area contributed by atoms with E-state index in [1.54, 1.807) is 10.7 Å². The van der Waals surface area contributed by atoms with Crippen LogP contribution in [0.1, 0.15) is 15.9 Å². The molecular weight excluding hydrogens is 404 g/mol. The van der Waals surface area contributed by atoms with Crippen LogP contribution in [-0.4, -0.2) is 28.3 Å². The SMILES string of the molecule is N#Cc1ccc(C(=O)OCC(=O)Nc2cc(-c3ccccc3)nn2-c2ccccc2)cc1. The normalized spacial score (nSPS) is 10.2. The number of para-hydroxylation sites is 1. The third kappa shape index (κ3) is 4.71. The van der Waals surface area contributed by atoms with Gasteiger partial charge in [-0.25, -0.2) is 9.48 Å². The molecule has 32 heavy (non-hydrogen) atoms. The third-order valence-electron chi connectivity index (χ3n) is 4.63. The molecule has 4 aromatic rings. The van der Waals surface area contributed by atoms with Crippen LogP contribution >= 0.6 is 0 Å². The van der Waals surface area contributed by atoms with Gasteiger partial charge in [-0.1, -0.05) is 48.5 Å². The predicted octanol–water partition coefficient (Wildman–Crippen LogP) is 4.21. The zero-order valence-corrected chi connectivity index (χ0v) is 16.9. The molecule has 0 atom stereocenters. The highest BCUT2D eigenvalue weighted by Gasteiger charge is 2.15. The van der Waals surface area contributed by atoms with Crippen molar-refractivity contribution in [2.75, 3.05) is 11.9 Å². The molecule has 0 bridgehead atoms. The molecule has 0 aliphatic carbocycles. The van der Waals surface area contributed by atoms with Gasteiger partial charge in [0.1, 0.15) is 5.82 Å². The molecule has 1 amide bonds. The number of hydrogen-bond donors (Lipinski definition) is 1. The second kappa shape index (κ2) is 9.41. The first-order valence-corrected chi connectivity index (χ1v) is 9.82. The van der Waals surface area contributed by atoms with E-state index in [0.29, 0.717) is 17.1 Å². The Morgan fingerprint density at radius 3 is 2.25 bits per heavy atom. The van der Waals surface area contributed by atoms with E-state index in [2.05, 4.69) is 10.4 Å². The van der Waals surface area contributed by atoms with Gasteiger partial charge in [-0.05, 0) is 36.4 Å². The molecule has 1 aromatic heterocycles. The predicted molar refractivity (Wildman–Crippen MR) is 119 cm³/mol. The van der Waals surface area contributed by atoms with Crippen LogP contribution in [0.15, 0.2) is 91.0 Å². The first kappa shape index (κ1) is 20.6. The molecular formula is C25H18N4O3. The maximum atomic E-state index is 12.5. The van der Waals surface area contributed by atoms with Gasteiger partial charge in [0.2, 0.25) is 0 Å². The molecule has 0 spiro atoms. The van der Waals surface area contributed by atoms with Crippen molar-refractivity contribution in [3.8, 4) is 23.0 Å². The third-order valence-corrected chi connectivity index (χ3v) is 4.63. The number of carbonyl (C=O) groups excluding carboxylic acids is 2. The number of esters is 1. The average molecular weight is 422 g/mol. The van der Waals surface area contributed by atoms with Crippen LogP contribution in [0.4, 0.5) is 5.82 Å². The highest BCUT2D eigenvalue weighted by atomic mass is 16.5. The van der Waals surface area contributed by atoms with Gasteiger partial charge in [0.15, 0.2) is 6.61 Å². The van der Waals surface area contributed by atoms with Crippen LogP contribution in [0, 0.1) is 11.3 Å². The first-order valence-electron chi connectivity index (χ1n) is 9.82. The second-order valence-electron chi connectivity index (χ2n) is 6.84. The smallest absolute Gasteiger partial charge is 0.338 e. The highest BCUT2D eigenvalue weighted by Crippen LogP contribution is 2.24. The lowest BCUT2D eigenvalue weighted by Crippen LogP contribution is -2.22. The van der Waals surface area contributed by atoms with Crippen molar-refractivity contribution in [3.63, 3.8) is 0 Å². The van der Waals surface area contributed by atoms with Crippen molar-refractivity contribution in [2.45, 2.75) is 0 Å². The summed E-state index contributed by atoms with van der Waals surface area (Å²) in [7, 11) is 0. The minimum absolute atomic E-state index is 0.262. The number of anilines is 1. The van der Waals surface area contributed by atoms with Gasteiger partial charge in [-0.2, -0.15) is 10.4 Å². The monoisotopic (exact) mass is 422 g/mol. The van der Waals surface area contributed by atoms with Crippen LogP contribution in [-0.2, 0) is 9.53 Å². The van der Waals surface area contributed by atoms with E-state index in [-0.39, 0.29) is 5.56 Å². The molecule has 7 nitrogen and oxygen atoms in total. The maximum Gasteiger partial charge on any atom is 0.338 e. The van der Waals surface area contributed by atoms with Crippen LogP contribution in [0.25, 0.3) is 16.9 Å². The minimum atomic E-state index is -0.647. The number of ether oxygens (including phenoxy) is 1. The molecule has 0 aliphatic heterocycles. The Bertz CT molecular complexity index is 1270. The fourth-order valence-corrected chi connectivity index (χ4v) is 3.06. The summed E-state index contributed by atoms with van der Waals surface area (Å²) in [4.78, 5) is 24.7. The van der Waals surface area contributed by atoms with Crippen LogP contribution in [0.5, 0.6) is 0 Å². The van der Waals surface area contributed by atoms with Gasteiger partial charge in [0, 0.05) is 11.6 Å². The molecule has 0 saturated heterocycles. The lowest BCUT2D eigenvalue weighted by atomic mass is 10.1. The fraction of sp³-hybridized carbons (Fsp3) is 0.0400. The molecule has 1 N–H and O–H groups in total. The van der Waals surface area contributed by atoms with E-state index >= 15 is 0 Å². The summed E-state index contributed by atoms with van der Waals surface area (Å²) in [6.45, 7) is -0.459. The summed E-state index contributed by atoms with van der Waals surface area (Å²) in [6.07, 6.45) is 0. The summed E-state index contributed by atoms with van der Waals surface area (Å²) >= 11 is 0. The van der Waals surface area contributed by atoms with Crippen molar-refractivity contribution in [2.24, 2.45) is 0 Å². The van der Waals surface area contributed by atoms with Crippen molar-refractivity contribution in [1.82, 2.24) is 9.78 Å². The number of amides is 1. The largest absolute Gasteiger partial charge is 0.452 e. The molecule has 156 valence electrons. The molecule has 7 heteroatoms. The Morgan fingerprint density at radius 1 is 0.938 bits per heavy atom. The van der Waals surface area contributed by atoms with Crippen LogP contribution in [0.2, 0.25) is 0 Å².